The van der Waals surface area contributed by atoms with E-state index >= 15 is 0 Å². The third-order valence-electron chi connectivity index (χ3n) is 2.06. The Hall–Kier alpha value is -1.56. The van der Waals surface area contributed by atoms with Gasteiger partial charge in [0, 0.05) is 4.47 Å². The smallest absolute Gasteiger partial charge is 0.220 e. The van der Waals surface area contributed by atoms with E-state index in [0.717, 1.165) is 0 Å². The molecule has 0 saturated heterocycles. The van der Waals surface area contributed by atoms with Crippen LogP contribution < -0.4 is 16.2 Å². The molecule has 0 unspecified atom stereocenters. The van der Waals surface area contributed by atoms with Crippen LogP contribution in [0.5, 0.6) is 5.75 Å². The molecule has 0 aliphatic carbocycles. The van der Waals surface area contributed by atoms with E-state index in [1.807, 2.05) is 0 Å². The number of nitrogen functional groups attached to an aromatic ring is 1. The number of anilines is 1. The lowest BCUT2D eigenvalue weighted by Crippen LogP contribution is -2.15. The van der Waals surface area contributed by atoms with E-state index in [2.05, 4.69) is 15.9 Å². The molecule has 4 N–H and O–H groups in total. The standard InChI is InChI=1S/C11H13BrN2O3/c1-6(15)8-4-7(12)5-9(13)11(8)17-3-2-10(14)16/h4-5H,2-3,13H2,1H3,(H2,14,16). The zero-order valence-corrected chi connectivity index (χ0v) is 10.9. The number of primary amides is 1. The molecule has 0 aliphatic heterocycles. The second-order valence-corrected chi connectivity index (χ2v) is 4.41. The van der Waals surface area contributed by atoms with Crippen LogP contribution in [-0.4, -0.2) is 18.3 Å². The van der Waals surface area contributed by atoms with Crippen LogP contribution in [0, 0.1) is 0 Å². The molecule has 5 nitrogen and oxygen atoms in total. The van der Waals surface area contributed by atoms with Gasteiger partial charge in [-0.05, 0) is 19.1 Å². The third kappa shape index (κ3) is 3.74. The summed E-state index contributed by atoms with van der Waals surface area (Å²) in [7, 11) is 0. The van der Waals surface area contributed by atoms with Crippen molar-refractivity contribution < 1.29 is 14.3 Å². The Bertz CT molecular complexity index is 460. The maximum absolute atomic E-state index is 11.4. The first-order valence-corrected chi connectivity index (χ1v) is 5.72. The Morgan fingerprint density at radius 2 is 2.06 bits per heavy atom. The van der Waals surface area contributed by atoms with E-state index in [9.17, 15) is 9.59 Å². The summed E-state index contributed by atoms with van der Waals surface area (Å²) in [6.45, 7) is 1.52. The molecule has 17 heavy (non-hydrogen) atoms. The number of hydrogen-bond acceptors (Lipinski definition) is 4. The Balaban J connectivity index is 2.96. The molecule has 92 valence electrons. The van der Waals surface area contributed by atoms with Crippen LogP contribution in [0.4, 0.5) is 5.69 Å². The van der Waals surface area contributed by atoms with E-state index in [4.69, 9.17) is 16.2 Å². The predicted octanol–water partition coefficient (Wildman–Crippen LogP) is 1.49. The van der Waals surface area contributed by atoms with Gasteiger partial charge in [0.2, 0.25) is 5.91 Å². The van der Waals surface area contributed by atoms with Crippen molar-refractivity contribution >= 4 is 33.3 Å². The quantitative estimate of drug-likeness (QED) is 0.636. The van der Waals surface area contributed by atoms with Gasteiger partial charge < -0.3 is 16.2 Å². The number of ether oxygens (including phenoxy) is 1. The number of nitrogens with two attached hydrogens (primary N) is 2. The lowest BCUT2D eigenvalue weighted by atomic mass is 10.1. The summed E-state index contributed by atoms with van der Waals surface area (Å²) in [4.78, 5) is 22.0. The van der Waals surface area contributed by atoms with E-state index in [-0.39, 0.29) is 18.8 Å². The molecule has 1 aromatic carbocycles. The number of Topliss-reactive ketones (excluding diaryl/α,β-unsaturated/α-hetero) is 1. The molecular weight excluding hydrogens is 288 g/mol. The van der Waals surface area contributed by atoms with Gasteiger partial charge in [0.25, 0.3) is 0 Å². The van der Waals surface area contributed by atoms with Crippen LogP contribution in [-0.2, 0) is 4.79 Å². The van der Waals surface area contributed by atoms with Crippen LogP contribution in [0.3, 0.4) is 0 Å². The zero-order valence-electron chi connectivity index (χ0n) is 9.33. The van der Waals surface area contributed by atoms with Crippen LogP contribution in [0.1, 0.15) is 23.7 Å². The van der Waals surface area contributed by atoms with Gasteiger partial charge in [-0.25, -0.2) is 0 Å². The number of carbonyl (C=O) groups is 2. The van der Waals surface area contributed by atoms with Gasteiger partial charge in [0.15, 0.2) is 11.5 Å². The second-order valence-electron chi connectivity index (χ2n) is 3.49. The summed E-state index contributed by atoms with van der Waals surface area (Å²) in [5, 5.41) is 0. The first kappa shape index (κ1) is 13.5. The lowest BCUT2D eigenvalue weighted by Gasteiger charge is -2.12. The molecule has 1 amide bonds. The van der Waals surface area contributed by atoms with E-state index < -0.39 is 5.91 Å². The van der Waals surface area contributed by atoms with Crippen molar-refractivity contribution in [1.82, 2.24) is 0 Å². The normalized spacial score (nSPS) is 10.0. The van der Waals surface area contributed by atoms with Gasteiger partial charge >= 0.3 is 0 Å². The highest BCUT2D eigenvalue weighted by Gasteiger charge is 2.13. The Morgan fingerprint density at radius 3 is 2.59 bits per heavy atom. The second kappa shape index (κ2) is 5.67. The maximum atomic E-state index is 11.4. The monoisotopic (exact) mass is 300 g/mol. The zero-order chi connectivity index (χ0) is 13.0. The molecule has 0 spiro atoms. The highest BCUT2D eigenvalue weighted by atomic mass is 79.9. The number of halogens is 1. The molecule has 0 bridgehead atoms. The molecule has 0 radical (unpaired) electrons. The third-order valence-corrected chi connectivity index (χ3v) is 2.51. The highest BCUT2D eigenvalue weighted by Crippen LogP contribution is 2.31. The summed E-state index contributed by atoms with van der Waals surface area (Å²) in [5.74, 6) is -0.334. The Labute approximate surface area is 107 Å². The number of carbonyl (C=O) groups excluding carboxylic acids is 2. The van der Waals surface area contributed by atoms with Crippen LogP contribution in [0.15, 0.2) is 16.6 Å². The summed E-state index contributed by atoms with van der Waals surface area (Å²) in [6.07, 6.45) is 0.0762. The van der Waals surface area contributed by atoms with E-state index in [1.165, 1.54) is 6.92 Å². The number of hydrogen-bond donors (Lipinski definition) is 2. The average molecular weight is 301 g/mol. The first-order chi connectivity index (χ1) is 7.91. The molecule has 0 atom stereocenters. The minimum Gasteiger partial charge on any atom is -0.490 e. The molecule has 0 saturated carbocycles. The maximum Gasteiger partial charge on any atom is 0.220 e. The Morgan fingerprint density at radius 1 is 1.41 bits per heavy atom. The number of amides is 1. The molecule has 0 fully saturated rings. The Kier molecular flexibility index (Phi) is 4.51. The van der Waals surface area contributed by atoms with E-state index in [0.29, 0.717) is 21.5 Å². The number of rotatable bonds is 5. The fourth-order valence-electron chi connectivity index (χ4n) is 1.29. The summed E-state index contributed by atoms with van der Waals surface area (Å²) in [5.41, 5.74) is 11.5. The van der Waals surface area contributed by atoms with Crippen molar-refractivity contribution in [2.24, 2.45) is 5.73 Å². The van der Waals surface area contributed by atoms with Gasteiger partial charge in [0.1, 0.15) is 0 Å². The van der Waals surface area contributed by atoms with Crippen molar-refractivity contribution in [3.63, 3.8) is 0 Å². The number of benzene rings is 1. The largest absolute Gasteiger partial charge is 0.490 e. The minimum absolute atomic E-state index is 0.0762. The van der Waals surface area contributed by atoms with Gasteiger partial charge in [-0.2, -0.15) is 0 Å². The van der Waals surface area contributed by atoms with Crippen LogP contribution in [0.2, 0.25) is 0 Å². The SMILES string of the molecule is CC(=O)c1cc(Br)cc(N)c1OCCC(N)=O. The van der Waals surface area contributed by atoms with Crippen molar-refractivity contribution in [1.29, 1.82) is 0 Å². The fourth-order valence-corrected chi connectivity index (χ4v) is 1.77. The predicted molar refractivity (Wildman–Crippen MR) is 67.9 cm³/mol. The molecule has 6 heteroatoms. The summed E-state index contributed by atoms with van der Waals surface area (Å²) < 4.78 is 6.02. The van der Waals surface area contributed by atoms with Crippen molar-refractivity contribution in [2.45, 2.75) is 13.3 Å². The van der Waals surface area contributed by atoms with Crippen LogP contribution >= 0.6 is 15.9 Å². The van der Waals surface area contributed by atoms with Gasteiger partial charge in [-0.1, -0.05) is 15.9 Å². The number of ketones is 1. The molecule has 1 aromatic rings. The highest BCUT2D eigenvalue weighted by molar-refractivity contribution is 9.10. The summed E-state index contributed by atoms with van der Waals surface area (Å²) in [6, 6.07) is 3.25. The van der Waals surface area contributed by atoms with Crippen molar-refractivity contribution in [3.05, 3.63) is 22.2 Å². The fraction of sp³-hybridized carbons (Fsp3) is 0.273. The molecule has 0 aliphatic rings. The first-order valence-electron chi connectivity index (χ1n) is 4.93. The van der Waals surface area contributed by atoms with Crippen molar-refractivity contribution in [2.75, 3.05) is 12.3 Å². The molecular formula is C11H13BrN2O3. The van der Waals surface area contributed by atoms with E-state index in [1.54, 1.807) is 12.1 Å². The van der Waals surface area contributed by atoms with Crippen LogP contribution in [0.25, 0.3) is 0 Å². The molecule has 0 heterocycles. The van der Waals surface area contributed by atoms with Gasteiger partial charge in [-0.3, -0.25) is 9.59 Å². The summed E-state index contributed by atoms with van der Waals surface area (Å²) >= 11 is 3.24. The topological polar surface area (TPSA) is 95.4 Å². The molecule has 0 aromatic heterocycles. The van der Waals surface area contributed by atoms with Gasteiger partial charge in [0.05, 0.1) is 24.3 Å². The van der Waals surface area contributed by atoms with Gasteiger partial charge in [-0.15, -0.1) is 0 Å². The molecule has 1 rings (SSSR count). The van der Waals surface area contributed by atoms with Crippen molar-refractivity contribution in [3.8, 4) is 5.75 Å². The minimum atomic E-state index is -0.468. The lowest BCUT2D eigenvalue weighted by molar-refractivity contribution is -0.118. The average Bonchev–Trinajstić information content (AvgIpc) is 2.19.